The zero-order chi connectivity index (χ0) is 33.6. The van der Waals surface area contributed by atoms with Gasteiger partial charge in [0.2, 0.25) is 10.0 Å². The maximum Gasteiger partial charge on any atom is 0.431 e. The van der Waals surface area contributed by atoms with Crippen molar-refractivity contribution in [3.63, 3.8) is 0 Å². The quantitative estimate of drug-likeness (QED) is 0.112. The Morgan fingerprint density at radius 2 is 1.19 bits per heavy atom. The highest BCUT2D eigenvalue weighted by Crippen LogP contribution is 2.51. The molecule has 0 amide bonds. The fraction of sp³-hybridized carbons (Fsp3) is 0.952. The van der Waals surface area contributed by atoms with Gasteiger partial charge in [-0.1, -0.05) is 12.8 Å². The Balaban J connectivity index is 5.68. The van der Waals surface area contributed by atoms with Crippen LogP contribution in [0.15, 0.2) is 0 Å². The Morgan fingerprint density at radius 1 is 0.738 bits per heavy atom. The number of hydrogen-bond acceptors (Lipinski definition) is 3. The van der Waals surface area contributed by atoms with Crippen molar-refractivity contribution in [2.75, 3.05) is 39.5 Å². The van der Waals surface area contributed by atoms with Gasteiger partial charge in [-0.25, -0.2) is 21.9 Å². The largest absolute Gasteiger partial charge is 0.481 e. The molecular weight excluding hydrogens is 642 g/mol. The Hall–Kier alpha value is -1.64. The summed E-state index contributed by atoms with van der Waals surface area (Å²) >= 11 is 0. The van der Waals surface area contributed by atoms with Gasteiger partial charge in [0.05, 0.1) is 45.9 Å². The number of alkyl halides is 14. The summed E-state index contributed by atoms with van der Waals surface area (Å²) in [5.41, 5.74) is -11.6. The second-order valence-electron chi connectivity index (χ2n) is 10.4. The molecule has 1 unspecified atom stereocenters. The Kier molecular flexibility index (Phi) is 13.4. The van der Waals surface area contributed by atoms with E-state index in [1.165, 1.54) is 14.1 Å². The molecule has 0 rings (SSSR count). The van der Waals surface area contributed by atoms with Crippen LogP contribution in [0.25, 0.3) is 0 Å². The van der Waals surface area contributed by atoms with E-state index in [0.717, 1.165) is 0 Å². The third-order valence-electron chi connectivity index (χ3n) is 6.52. The van der Waals surface area contributed by atoms with Gasteiger partial charge in [0.25, 0.3) is 11.3 Å². The fourth-order valence-corrected chi connectivity index (χ4v) is 4.98. The minimum Gasteiger partial charge on any atom is -0.481 e. The van der Waals surface area contributed by atoms with Crippen molar-refractivity contribution in [3.05, 3.63) is 0 Å². The lowest BCUT2D eigenvalue weighted by Gasteiger charge is -2.33. The first-order valence-electron chi connectivity index (χ1n) is 12.1. The van der Waals surface area contributed by atoms with Crippen molar-refractivity contribution >= 4 is 16.0 Å². The number of hydrogen-bond donors (Lipinski definition) is 2. The molecule has 42 heavy (non-hydrogen) atoms. The van der Waals surface area contributed by atoms with Crippen LogP contribution in [-0.2, 0) is 14.8 Å². The summed E-state index contributed by atoms with van der Waals surface area (Å²) in [6, 6.07) is 0. The molecule has 0 bridgehead atoms. The summed E-state index contributed by atoms with van der Waals surface area (Å²) in [5, 5.41) is 8.72. The van der Waals surface area contributed by atoms with Crippen LogP contribution in [0.2, 0.25) is 0 Å². The normalized spacial score (nSPS) is 15.6. The van der Waals surface area contributed by atoms with E-state index in [9.17, 15) is 74.7 Å². The highest BCUT2D eigenvalue weighted by molar-refractivity contribution is 7.89. The molecule has 2 N–H and O–H groups in total. The van der Waals surface area contributed by atoms with Crippen LogP contribution in [-0.4, -0.2) is 99.5 Å². The summed E-state index contributed by atoms with van der Waals surface area (Å²) in [7, 11) is -1.43. The van der Waals surface area contributed by atoms with E-state index >= 15 is 0 Å². The molecule has 0 aliphatic heterocycles. The lowest BCUT2D eigenvalue weighted by Crippen LogP contribution is -2.54. The van der Waals surface area contributed by atoms with Gasteiger partial charge in [0.1, 0.15) is 0 Å². The second kappa shape index (κ2) is 14.0. The molecule has 21 heteroatoms. The van der Waals surface area contributed by atoms with E-state index in [1.54, 1.807) is 0 Å². The van der Waals surface area contributed by atoms with Gasteiger partial charge in [0, 0.05) is 6.42 Å². The number of sulfonamides is 1. The molecule has 0 saturated carbocycles. The Morgan fingerprint density at radius 3 is 1.60 bits per heavy atom. The molecule has 0 spiro atoms. The maximum absolute atomic E-state index is 14.3. The van der Waals surface area contributed by atoms with E-state index in [-0.39, 0.29) is 30.5 Å². The highest BCUT2D eigenvalue weighted by Gasteiger charge is 2.73. The lowest BCUT2D eigenvalue weighted by molar-refractivity contribution is -0.888. The third kappa shape index (κ3) is 11.8. The summed E-state index contributed by atoms with van der Waals surface area (Å²) in [6.45, 7) is -0.338. The number of likely N-dealkylation sites (N-methyl/N-ethyl adjacent to an activating group) is 1. The second-order valence-corrected chi connectivity index (χ2v) is 12.4. The minimum atomic E-state index is -6.57. The summed E-state index contributed by atoms with van der Waals surface area (Å²) in [4.78, 5) is 10.7. The molecule has 0 aliphatic carbocycles. The van der Waals surface area contributed by atoms with Crippen molar-refractivity contribution in [1.82, 2.24) is 4.72 Å². The Bertz CT molecular complexity index is 947. The highest BCUT2D eigenvalue weighted by atomic mass is 32.2. The standard InChI is InChI=1S/C21H30F14N2O4S/c1-37(2,10-6-15(38)39)11-9-36-42(40,41)12-7-14(13-17(23,20(30,31)32)21(33,34)35)5-3-4-8-16(22,18(24,25)26)19(27,28)29/h14,36H,3-13H2,1-2H3/p+1. The molecule has 0 aromatic carbocycles. The number of carboxylic acids is 1. The van der Waals surface area contributed by atoms with Crippen molar-refractivity contribution in [2.24, 2.45) is 5.92 Å². The number of nitrogens with zero attached hydrogens (tertiary/aromatic N) is 1. The lowest BCUT2D eigenvalue weighted by atomic mass is 9.85. The van der Waals surface area contributed by atoms with E-state index in [1.807, 2.05) is 4.72 Å². The molecule has 0 saturated heterocycles. The fourth-order valence-electron chi connectivity index (χ4n) is 3.79. The van der Waals surface area contributed by atoms with Gasteiger partial charge in [-0.2, -0.15) is 52.7 Å². The van der Waals surface area contributed by atoms with Crippen molar-refractivity contribution in [2.45, 2.75) is 81.0 Å². The first-order valence-corrected chi connectivity index (χ1v) is 13.7. The molecule has 0 aromatic heterocycles. The monoisotopic (exact) mass is 673 g/mol. The number of carboxylic acid groups (broad SMARTS) is 1. The van der Waals surface area contributed by atoms with Crippen molar-refractivity contribution < 1.29 is 84.3 Å². The molecular formula is C21H31F14N2O4S+. The van der Waals surface area contributed by atoms with Crippen LogP contribution < -0.4 is 4.72 Å². The molecule has 0 aliphatic rings. The van der Waals surface area contributed by atoms with Crippen LogP contribution in [0.5, 0.6) is 0 Å². The van der Waals surface area contributed by atoms with Crippen LogP contribution in [0, 0.1) is 5.92 Å². The van der Waals surface area contributed by atoms with E-state index in [4.69, 9.17) is 5.11 Å². The molecule has 0 aromatic rings. The molecule has 1 atom stereocenters. The first-order chi connectivity index (χ1) is 18.4. The third-order valence-corrected chi connectivity index (χ3v) is 7.93. The van der Waals surface area contributed by atoms with E-state index in [0.29, 0.717) is 0 Å². The summed E-state index contributed by atoms with van der Waals surface area (Å²) < 4.78 is 209. The number of nitrogens with one attached hydrogen (secondary N) is 1. The van der Waals surface area contributed by atoms with Crippen molar-refractivity contribution in [1.29, 1.82) is 0 Å². The van der Waals surface area contributed by atoms with Crippen LogP contribution in [0.1, 0.15) is 44.9 Å². The van der Waals surface area contributed by atoms with Gasteiger partial charge in [-0.05, 0) is 25.2 Å². The van der Waals surface area contributed by atoms with Gasteiger partial charge >= 0.3 is 30.7 Å². The molecule has 252 valence electrons. The zero-order valence-corrected chi connectivity index (χ0v) is 23.0. The molecule has 0 radical (unpaired) electrons. The molecule has 6 nitrogen and oxygen atoms in total. The van der Waals surface area contributed by atoms with Crippen LogP contribution >= 0.6 is 0 Å². The van der Waals surface area contributed by atoms with Gasteiger partial charge < -0.3 is 9.59 Å². The number of aliphatic carboxylic acids is 1. The smallest absolute Gasteiger partial charge is 0.431 e. The number of quaternary nitrogens is 1. The maximum atomic E-state index is 14.3. The molecule has 0 heterocycles. The van der Waals surface area contributed by atoms with Gasteiger partial charge in [-0.15, -0.1) is 0 Å². The van der Waals surface area contributed by atoms with E-state index < -0.39 is 102 Å². The predicted octanol–water partition coefficient (Wildman–Crippen LogP) is 6.08. The van der Waals surface area contributed by atoms with E-state index in [2.05, 4.69) is 0 Å². The topological polar surface area (TPSA) is 83.5 Å². The Labute approximate surface area is 232 Å². The number of rotatable bonds is 17. The van der Waals surface area contributed by atoms with Crippen molar-refractivity contribution in [3.8, 4) is 0 Å². The zero-order valence-electron chi connectivity index (χ0n) is 22.2. The number of unbranched alkanes of at least 4 members (excludes halogenated alkanes) is 1. The average molecular weight is 674 g/mol. The van der Waals surface area contributed by atoms with Crippen LogP contribution in [0.3, 0.4) is 0 Å². The summed E-state index contributed by atoms with van der Waals surface area (Å²) in [6.07, 6.45) is -35.7. The molecule has 0 fully saturated rings. The summed E-state index contributed by atoms with van der Waals surface area (Å²) in [5.74, 6) is -4.53. The minimum absolute atomic E-state index is 0.0188. The van der Waals surface area contributed by atoms with Gasteiger partial charge in [-0.3, -0.25) is 4.79 Å². The first kappa shape index (κ1) is 40.4. The number of halogens is 14. The van der Waals surface area contributed by atoms with Gasteiger partial charge in [0.15, 0.2) is 0 Å². The average Bonchev–Trinajstić information content (AvgIpc) is 2.75. The van der Waals surface area contributed by atoms with Crippen LogP contribution in [0.4, 0.5) is 61.5 Å². The predicted molar refractivity (Wildman–Crippen MR) is 119 cm³/mol. The SMILES string of the molecule is C[N+](C)(CCNS(=O)(=O)CCC(CCCCC(F)(C(F)(F)F)C(F)(F)F)CC(F)(C(F)(F)F)C(F)(F)F)CCC(=O)O. The number of carbonyl (C=O) groups is 1.